The van der Waals surface area contributed by atoms with Gasteiger partial charge in [-0.1, -0.05) is 74.2 Å². The normalized spacial score (nSPS) is 20.4. The number of H-pyrrole nitrogens is 2. The Morgan fingerprint density at radius 2 is 0.984 bits per heavy atom. The maximum absolute atomic E-state index is 13.9. The van der Waals surface area contributed by atoms with E-state index in [1.165, 1.54) is 14.2 Å². The molecular weight excluding hydrogens is 785 g/mol. The van der Waals surface area contributed by atoms with Crippen LogP contribution in [0, 0.1) is 11.8 Å². The predicted molar refractivity (Wildman–Crippen MR) is 234 cm³/mol. The first-order chi connectivity index (χ1) is 30.3. The summed E-state index contributed by atoms with van der Waals surface area (Å²) in [7, 11) is 2.66. The molecule has 4 amide bonds. The molecule has 62 heavy (non-hydrogen) atoms. The van der Waals surface area contributed by atoms with Gasteiger partial charge in [0.15, 0.2) is 0 Å². The Hall–Kier alpha value is -6.18. The number of likely N-dealkylation sites (tertiary alicyclic amines) is 2. The van der Waals surface area contributed by atoms with Crippen molar-refractivity contribution >= 4 is 34.8 Å². The van der Waals surface area contributed by atoms with Gasteiger partial charge in [-0.05, 0) is 103 Å². The fourth-order valence-electron chi connectivity index (χ4n) is 10.4. The molecule has 14 heteroatoms. The van der Waals surface area contributed by atoms with E-state index < -0.39 is 24.3 Å². The van der Waals surface area contributed by atoms with Gasteiger partial charge in [0.1, 0.15) is 23.7 Å². The van der Waals surface area contributed by atoms with Crippen molar-refractivity contribution in [3.63, 3.8) is 0 Å². The molecule has 4 heterocycles. The van der Waals surface area contributed by atoms with E-state index in [0.29, 0.717) is 13.1 Å². The molecule has 0 spiro atoms. The predicted octanol–water partition coefficient (Wildman–Crippen LogP) is 8.44. The van der Waals surface area contributed by atoms with E-state index in [1.54, 1.807) is 0 Å². The summed E-state index contributed by atoms with van der Waals surface area (Å²) in [5, 5.41) is 7.91. The number of fused-ring (bicyclic) bond motifs is 1. The number of hydrogen-bond acceptors (Lipinski definition) is 8. The minimum atomic E-state index is -0.597. The van der Waals surface area contributed by atoms with Crippen molar-refractivity contribution < 1.29 is 28.7 Å². The monoisotopic (exact) mass is 840 g/mol. The molecule has 4 fully saturated rings. The van der Waals surface area contributed by atoms with E-state index in [1.807, 2.05) is 22.2 Å². The topological polar surface area (TPSA) is 175 Å². The van der Waals surface area contributed by atoms with Gasteiger partial charge in [0.05, 0.1) is 50.1 Å². The van der Waals surface area contributed by atoms with Crippen LogP contribution in [-0.2, 0) is 19.1 Å². The van der Waals surface area contributed by atoms with Crippen molar-refractivity contribution in [1.82, 2.24) is 40.4 Å². The number of nitrogens with zero attached hydrogens (tertiary/aromatic N) is 4. The molecule has 4 N–H and O–H groups in total. The molecule has 4 aliphatic rings. The maximum Gasteiger partial charge on any atom is 0.407 e. The van der Waals surface area contributed by atoms with Crippen molar-refractivity contribution in [3.8, 4) is 33.6 Å². The number of methoxy groups -OCH3 is 2. The van der Waals surface area contributed by atoms with Gasteiger partial charge in [-0.15, -0.1) is 0 Å². The Morgan fingerprint density at radius 1 is 0.565 bits per heavy atom. The molecule has 2 aliphatic heterocycles. The van der Waals surface area contributed by atoms with Gasteiger partial charge in [0, 0.05) is 18.7 Å². The largest absolute Gasteiger partial charge is 0.453 e. The second-order valence-electron chi connectivity index (χ2n) is 17.4. The average Bonchev–Trinajstić information content (AvgIpc) is 4.17. The Balaban J connectivity index is 0.864. The molecule has 0 unspecified atom stereocenters. The van der Waals surface area contributed by atoms with Crippen LogP contribution in [0.1, 0.15) is 101 Å². The van der Waals surface area contributed by atoms with E-state index in [9.17, 15) is 19.2 Å². The highest BCUT2D eigenvalue weighted by molar-refractivity contribution is 5.91. The van der Waals surface area contributed by atoms with E-state index in [0.717, 1.165) is 133 Å². The van der Waals surface area contributed by atoms with Crippen LogP contribution in [0.25, 0.3) is 44.4 Å². The summed E-state index contributed by atoms with van der Waals surface area (Å²) in [5.74, 6) is 1.61. The van der Waals surface area contributed by atoms with E-state index in [2.05, 4.69) is 81.3 Å². The van der Waals surface area contributed by atoms with Crippen LogP contribution in [-0.4, -0.2) is 93.1 Å². The van der Waals surface area contributed by atoms with Gasteiger partial charge in [0.2, 0.25) is 11.8 Å². The summed E-state index contributed by atoms with van der Waals surface area (Å²) in [4.78, 5) is 72.6. The lowest BCUT2D eigenvalue weighted by molar-refractivity contribution is -0.136. The number of ether oxygens (including phenoxy) is 2. The van der Waals surface area contributed by atoms with Crippen LogP contribution < -0.4 is 10.6 Å². The minimum absolute atomic E-state index is 0.0598. The lowest BCUT2D eigenvalue weighted by Crippen LogP contribution is -2.51. The molecule has 9 rings (SSSR count). The first-order valence-electron chi connectivity index (χ1n) is 22.3. The van der Waals surface area contributed by atoms with Crippen LogP contribution >= 0.6 is 0 Å². The third-order valence-corrected chi connectivity index (χ3v) is 13.8. The summed E-state index contributed by atoms with van der Waals surface area (Å²) in [6.07, 6.45) is 13.8. The molecule has 2 saturated carbocycles. The highest BCUT2D eigenvalue weighted by atomic mass is 16.5. The van der Waals surface area contributed by atoms with Crippen LogP contribution in [0.3, 0.4) is 0 Å². The fourth-order valence-corrected chi connectivity index (χ4v) is 10.4. The molecule has 3 aromatic carbocycles. The lowest BCUT2D eigenvalue weighted by atomic mass is 9.96. The first-order valence-corrected chi connectivity index (χ1v) is 22.3. The molecule has 0 bridgehead atoms. The molecule has 2 saturated heterocycles. The van der Waals surface area contributed by atoms with Gasteiger partial charge >= 0.3 is 12.2 Å². The zero-order valence-electron chi connectivity index (χ0n) is 35.5. The molecule has 324 valence electrons. The molecule has 2 aliphatic carbocycles. The average molecular weight is 841 g/mol. The minimum Gasteiger partial charge on any atom is -0.453 e. The van der Waals surface area contributed by atoms with Crippen LogP contribution in [0.5, 0.6) is 0 Å². The van der Waals surface area contributed by atoms with Crippen molar-refractivity contribution in [2.24, 2.45) is 11.8 Å². The number of alkyl carbamates (subject to hydrolysis) is 2. The number of imidazole rings is 2. The van der Waals surface area contributed by atoms with Crippen molar-refractivity contribution in [1.29, 1.82) is 0 Å². The number of aromatic nitrogens is 4. The summed E-state index contributed by atoms with van der Waals surface area (Å²) in [6, 6.07) is 19.7. The van der Waals surface area contributed by atoms with Crippen LogP contribution in [0.2, 0.25) is 0 Å². The highest BCUT2D eigenvalue weighted by Crippen LogP contribution is 2.38. The number of rotatable bonds is 11. The second kappa shape index (κ2) is 18.0. The zero-order valence-corrected chi connectivity index (χ0v) is 35.5. The molecule has 0 radical (unpaired) electrons. The maximum atomic E-state index is 13.9. The summed E-state index contributed by atoms with van der Waals surface area (Å²) in [6.45, 7) is 1.25. The lowest BCUT2D eigenvalue weighted by Gasteiger charge is -2.31. The van der Waals surface area contributed by atoms with Gasteiger partial charge in [0.25, 0.3) is 0 Å². The highest BCUT2D eigenvalue weighted by Gasteiger charge is 2.42. The van der Waals surface area contributed by atoms with Gasteiger partial charge < -0.3 is 39.9 Å². The number of benzene rings is 3. The number of hydrogen-bond donors (Lipinski definition) is 4. The number of amides is 4. The van der Waals surface area contributed by atoms with E-state index in [4.69, 9.17) is 19.4 Å². The number of nitrogens with one attached hydrogen (secondary N) is 4. The molecule has 2 aromatic heterocycles. The van der Waals surface area contributed by atoms with E-state index in [-0.39, 0.29) is 35.7 Å². The zero-order chi connectivity index (χ0) is 42.7. The Labute approximate surface area is 361 Å². The number of carbonyl (C=O) groups excluding carboxylic acids is 4. The van der Waals surface area contributed by atoms with Crippen molar-refractivity contribution in [2.75, 3.05) is 27.3 Å². The molecular formula is C48H56N8O6. The third-order valence-electron chi connectivity index (χ3n) is 13.8. The standard InChI is InChI=1S/C48H56N8O6/c1-61-47(59)53-41(31-9-3-4-10-31)45(57)55-23-7-13-39(55)43-49-27-37(51-43)30-17-15-29(16-18-30)33-19-20-35-26-36(22-21-34(35)25-33)38-28-50-44(52-38)40-14-8-24-56(40)46(58)42(54-48(60)62-2)32-11-5-6-12-32/h15-22,25-28,31-32,39-42H,3-14,23-24H2,1-2H3,(H,49,51)(H,50,52)(H,53,59)(H,54,60)/t39-,40-,41-,42-/m0/s1. The second-order valence-corrected chi connectivity index (χ2v) is 17.4. The number of aromatic amines is 2. The SMILES string of the molecule is COC(=O)N[C@H](C(=O)N1CCC[C@H]1c1ncc(-c2ccc(-c3ccc4cc(-c5cnc([C@@H]6CCCN6C(=O)[C@@H](NC(=O)OC)C6CCCC6)[nH]5)ccc4c3)cc2)[nH]1)C1CCCC1. The van der Waals surface area contributed by atoms with Gasteiger partial charge in [-0.2, -0.15) is 0 Å². The van der Waals surface area contributed by atoms with Crippen LogP contribution in [0.4, 0.5) is 9.59 Å². The van der Waals surface area contributed by atoms with Crippen molar-refractivity contribution in [3.05, 3.63) is 84.7 Å². The fraction of sp³-hybridized carbons (Fsp3) is 0.458. The summed E-state index contributed by atoms with van der Waals surface area (Å²) < 4.78 is 9.76. The first kappa shape index (κ1) is 41.2. The van der Waals surface area contributed by atoms with Gasteiger partial charge in [-0.25, -0.2) is 19.6 Å². The summed E-state index contributed by atoms with van der Waals surface area (Å²) >= 11 is 0. The molecule has 14 nitrogen and oxygen atoms in total. The third kappa shape index (κ3) is 8.38. The molecule has 4 atom stereocenters. The smallest absolute Gasteiger partial charge is 0.407 e. The van der Waals surface area contributed by atoms with Crippen molar-refractivity contribution in [2.45, 2.75) is 101 Å². The Morgan fingerprint density at radius 3 is 1.47 bits per heavy atom. The number of carbonyl (C=O) groups is 4. The van der Waals surface area contributed by atoms with Crippen LogP contribution in [0.15, 0.2) is 73.1 Å². The van der Waals surface area contributed by atoms with Gasteiger partial charge in [-0.3, -0.25) is 9.59 Å². The quantitative estimate of drug-likeness (QED) is 0.103. The Kier molecular flexibility index (Phi) is 12.0. The summed E-state index contributed by atoms with van der Waals surface area (Å²) in [5.41, 5.74) is 5.98. The van der Waals surface area contributed by atoms with E-state index >= 15 is 0 Å². The molecule has 5 aromatic rings. The Bertz CT molecular complexity index is 2410.